The van der Waals surface area contributed by atoms with E-state index < -0.39 is 6.10 Å². The Bertz CT molecular complexity index is 834. The lowest BCUT2D eigenvalue weighted by Crippen LogP contribution is -2.36. The van der Waals surface area contributed by atoms with E-state index in [1.807, 2.05) is 12.1 Å². The predicted octanol–water partition coefficient (Wildman–Crippen LogP) is 4.36. The maximum atomic E-state index is 11.7. The van der Waals surface area contributed by atoms with Crippen LogP contribution in [-0.2, 0) is 0 Å². The molecule has 0 aromatic heterocycles. The fraction of sp³-hybridized carbons (Fsp3) is 0.333. The number of hydrogen-bond donors (Lipinski definition) is 1. The molecule has 5 heteroatoms. The average molecular weight is 369 g/mol. The second kappa shape index (κ2) is 7.90. The zero-order valence-electron chi connectivity index (χ0n) is 14.7. The topological polar surface area (TPSA) is 64.3 Å². The number of ketones is 1. The van der Waals surface area contributed by atoms with Gasteiger partial charge in [0.25, 0.3) is 0 Å². The number of anilines is 1. The maximum absolute atomic E-state index is 11.7. The van der Waals surface area contributed by atoms with Gasteiger partial charge in [0, 0.05) is 23.7 Å². The van der Waals surface area contributed by atoms with Crippen LogP contribution in [0.4, 0.5) is 5.69 Å². The summed E-state index contributed by atoms with van der Waals surface area (Å²) in [5.74, 6) is 0.151. The van der Waals surface area contributed by atoms with Gasteiger partial charge in [-0.25, -0.2) is 0 Å². The van der Waals surface area contributed by atoms with Crippen LogP contribution in [0.15, 0.2) is 42.5 Å². The third kappa shape index (κ3) is 3.90. The van der Waals surface area contributed by atoms with E-state index in [2.05, 4.69) is 11.0 Å². The highest BCUT2D eigenvalue weighted by atomic mass is 35.5. The van der Waals surface area contributed by atoms with Gasteiger partial charge in [0.2, 0.25) is 0 Å². The first kappa shape index (κ1) is 18.4. The Kier molecular flexibility index (Phi) is 5.61. The number of aliphatic hydroxyl groups is 1. The third-order valence-corrected chi connectivity index (χ3v) is 5.32. The molecule has 1 atom stereocenters. The summed E-state index contributed by atoms with van der Waals surface area (Å²) in [5, 5.41) is 20.7. The number of benzene rings is 2. The molecule has 4 nitrogen and oxygen atoms in total. The highest BCUT2D eigenvalue weighted by molar-refractivity contribution is 6.30. The first-order chi connectivity index (χ1) is 12.5. The molecule has 26 heavy (non-hydrogen) atoms. The Balaban J connectivity index is 1.72. The smallest absolute Gasteiger partial charge is 0.159 e. The molecule has 1 N–H and O–H groups in total. The Morgan fingerprint density at radius 2 is 1.88 bits per heavy atom. The maximum Gasteiger partial charge on any atom is 0.159 e. The van der Waals surface area contributed by atoms with Gasteiger partial charge in [-0.3, -0.25) is 4.79 Å². The molecule has 134 valence electrons. The van der Waals surface area contributed by atoms with Crippen LogP contribution in [0, 0.1) is 17.2 Å². The Morgan fingerprint density at radius 3 is 2.46 bits per heavy atom. The van der Waals surface area contributed by atoms with Gasteiger partial charge in [0.05, 0.1) is 17.4 Å². The molecule has 0 amide bonds. The summed E-state index contributed by atoms with van der Waals surface area (Å²) in [6, 6.07) is 14.7. The van der Waals surface area contributed by atoms with Crippen LogP contribution >= 0.6 is 11.6 Å². The van der Waals surface area contributed by atoms with Gasteiger partial charge >= 0.3 is 0 Å². The number of carbonyl (C=O) groups excluding carboxylic acids is 1. The van der Waals surface area contributed by atoms with E-state index in [0.717, 1.165) is 37.2 Å². The van der Waals surface area contributed by atoms with Crippen LogP contribution in [0.2, 0.25) is 5.02 Å². The van der Waals surface area contributed by atoms with Gasteiger partial charge in [-0.2, -0.15) is 5.26 Å². The van der Waals surface area contributed by atoms with Crippen molar-refractivity contribution >= 4 is 23.1 Å². The first-order valence-electron chi connectivity index (χ1n) is 8.73. The molecule has 1 aliphatic heterocycles. The summed E-state index contributed by atoms with van der Waals surface area (Å²) in [4.78, 5) is 13.8. The zero-order chi connectivity index (χ0) is 18.7. The summed E-state index contributed by atoms with van der Waals surface area (Å²) in [6.45, 7) is 3.01. The molecule has 2 aromatic carbocycles. The van der Waals surface area contributed by atoms with Crippen LogP contribution in [-0.4, -0.2) is 24.0 Å². The standard InChI is InChI=1S/C21H21ClN2O2/c1-14(25)17-2-3-18(13-23)20(12-17)24-10-8-16(9-11-24)21(26)15-4-6-19(22)7-5-15/h2-7,12,16,21,26H,8-11H2,1H3. The molecule has 0 saturated carbocycles. The van der Waals surface area contributed by atoms with Gasteiger partial charge in [0.15, 0.2) is 5.78 Å². The Hall–Kier alpha value is -2.35. The zero-order valence-corrected chi connectivity index (χ0v) is 15.4. The number of Topliss-reactive ketones (excluding diaryl/α,β-unsaturated/α-hetero) is 1. The minimum absolute atomic E-state index is 0.0104. The molecule has 1 heterocycles. The van der Waals surface area contributed by atoms with Crippen molar-refractivity contribution in [2.24, 2.45) is 5.92 Å². The van der Waals surface area contributed by atoms with Crippen LogP contribution in [0.25, 0.3) is 0 Å². The molecular formula is C21H21ClN2O2. The monoisotopic (exact) mass is 368 g/mol. The van der Waals surface area contributed by atoms with Crippen molar-refractivity contribution in [2.75, 3.05) is 18.0 Å². The summed E-state index contributed by atoms with van der Waals surface area (Å²) in [7, 11) is 0. The number of piperidine rings is 1. The number of hydrogen-bond acceptors (Lipinski definition) is 4. The number of aliphatic hydroxyl groups excluding tert-OH is 1. The second-order valence-electron chi connectivity index (χ2n) is 6.72. The van der Waals surface area contributed by atoms with Crippen LogP contribution in [0.3, 0.4) is 0 Å². The fourth-order valence-electron chi connectivity index (χ4n) is 3.50. The fourth-order valence-corrected chi connectivity index (χ4v) is 3.62. The third-order valence-electron chi connectivity index (χ3n) is 5.06. The van der Waals surface area contributed by atoms with Crippen LogP contribution in [0.5, 0.6) is 0 Å². The predicted molar refractivity (Wildman–Crippen MR) is 103 cm³/mol. The number of halogens is 1. The molecule has 0 bridgehead atoms. The van der Waals surface area contributed by atoms with E-state index in [1.54, 1.807) is 30.3 Å². The minimum atomic E-state index is -0.520. The van der Waals surface area contributed by atoms with Crippen molar-refractivity contribution in [3.8, 4) is 6.07 Å². The van der Waals surface area contributed by atoms with Crippen molar-refractivity contribution in [3.63, 3.8) is 0 Å². The van der Waals surface area contributed by atoms with Crippen molar-refractivity contribution in [1.29, 1.82) is 5.26 Å². The highest BCUT2D eigenvalue weighted by Crippen LogP contribution is 2.34. The summed E-state index contributed by atoms with van der Waals surface area (Å²) < 4.78 is 0. The van der Waals surface area contributed by atoms with Gasteiger partial charge in [-0.05, 0) is 61.6 Å². The number of nitriles is 1. The molecule has 1 unspecified atom stereocenters. The van der Waals surface area contributed by atoms with Crippen LogP contribution in [0.1, 0.15) is 47.4 Å². The minimum Gasteiger partial charge on any atom is -0.388 e. The lowest BCUT2D eigenvalue weighted by Gasteiger charge is -2.36. The molecule has 0 radical (unpaired) electrons. The summed E-state index contributed by atoms with van der Waals surface area (Å²) in [5.41, 5.74) is 2.87. The lowest BCUT2D eigenvalue weighted by molar-refractivity contribution is 0.0930. The van der Waals surface area contributed by atoms with Crippen molar-refractivity contribution in [2.45, 2.75) is 25.9 Å². The molecule has 2 aromatic rings. The van der Waals surface area contributed by atoms with Gasteiger partial charge in [-0.1, -0.05) is 23.7 Å². The second-order valence-corrected chi connectivity index (χ2v) is 7.16. The van der Waals surface area contributed by atoms with Crippen molar-refractivity contribution in [3.05, 3.63) is 64.2 Å². The number of carbonyl (C=O) groups is 1. The van der Waals surface area contributed by atoms with E-state index in [-0.39, 0.29) is 11.7 Å². The largest absolute Gasteiger partial charge is 0.388 e. The van der Waals surface area contributed by atoms with Gasteiger partial charge in [-0.15, -0.1) is 0 Å². The van der Waals surface area contributed by atoms with Gasteiger partial charge < -0.3 is 10.0 Å². The van der Waals surface area contributed by atoms with Crippen LogP contribution < -0.4 is 4.90 Å². The lowest BCUT2D eigenvalue weighted by atomic mass is 9.87. The molecule has 0 aliphatic carbocycles. The molecule has 1 fully saturated rings. The number of rotatable bonds is 4. The summed E-state index contributed by atoms with van der Waals surface area (Å²) >= 11 is 5.91. The SMILES string of the molecule is CC(=O)c1ccc(C#N)c(N2CCC(C(O)c3ccc(Cl)cc3)CC2)c1. The molecule has 1 aliphatic rings. The average Bonchev–Trinajstić information content (AvgIpc) is 2.67. The van der Waals surface area contributed by atoms with Crippen molar-refractivity contribution in [1.82, 2.24) is 0 Å². The quantitative estimate of drug-likeness (QED) is 0.814. The normalized spacial score (nSPS) is 16.2. The molecular weight excluding hydrogens is 348 g/mol. The highest BCUT2D eigenvalue weighted by Gasteiger charge is 2.27. The van der Waals surface area contributed by atoms with E-state index in [0.29, 0.717) is 16.1 Å². The first-order valence-corrected chi connectivity index (χ1v) is 9.11. The van der Waals surface area contributed by atoms with E-state index >= 15 is 0 Å². The molecule has 3 rings (SSSR count). The van der Waals surface area contributed by atoms with E-state index in [1.165, 1.54) is 6.92 Å². The Labute approximate surface area is 158 Å². The van der Waals surface area contributed by atoms with E-state index in [4.69, 9.17) is 11.6 Å². The molecule has 1 saturated heterocycles. The van der Waals surface area contributed by atoms with Crippen molar-refractivity contribution < 1.29 is 9.90 Å². The van der Waals surface area contributed by atoms with Gasteiger partial charge in [0.1, 0.15) is 6.07 Å². The summed E-state index contributed by atoms with van der Waals surface area (Å²) in [6.07, 6.45) is 1.12. The molecule has 0 spiro atoms. The Morgan fingerprint density at radius 1 is 1.23 bits per heavy atom. The number of nitrogens with zero attached hydrogens (tertiary/aromatic N) is 2. The van der Waals surface area contributed by atoms with E-state index in [9.17, 15) is 15.2 Å².